The van der Waals surface area contributed by atoms with Gasteiger partial charge in [0, 0.05) is 6.07 Å². The maximum atomic E-state index is 14.3. The number of para-hydroxylation sites is 2. The van der Waals surface area contributed by atoms with Crippen LogP contribution >= 0.6 is 11.6 Å². The van der Waals surface area contributed by atoms with Crippen LogP contribution in [0.2, 0.25) is 5.02 Å². The summed E-state index contributed by atoms with van der Waals surface area (Å²) in [6, 6.07) is 11.7. The Hall–Kier alpha value is -3.86. The van der Waals surface area contributed by atoms with Gasteiger partial charge in [0.15, 0.2) is 18.2 Å². The third kappa shape index (κ3) is 4.67. The van der Waals surface area contributed by atoms with Gasteiger partial charge in [-0.1, -0.05) is 28.9 Å². The fraction of sp³-hybridized carbons (Fsp3) is 0.0952. The second kappa shape index (κ2) is 8.58. The summed E-state index contributed by atoms with van der Waals surface area (Å²) in [5, 5.41) is 16.4. The quantitative estimate of drug-likeness (QED) is 0.367. The van der Waals surface area contributed by atoms with Crippen molar-refractivity contribution in [1.82, 2.24) is 15.0 Å². The van der Waals surface area contributed by atoms with Crippen LogP contribution in [-0.4, -0.2) is 32.7 Å². The number of aromatic nitrogens is 3. The number of nitrogens with zero attached hydrogens (tertiary/aromatic N) is 3. The first kappa shape index (κ1) is 22.3. The molecule has 0 atom stereocenters. The smallest absolute Gasteiger partial charge is 0.416 e. The van der Waals surface area contributed by atoms with Crippen LogP contribution in [-0.2, 0) is 11.0 Å². The van der Waals surface area contributed by atoms with Gasteiger partial charge in [-0.2, -0.15) is 13.2 Å². The summed E-state index contributed by atoms with van der Waals surface area (Å²) in [4.78, 5) is 10.9. The number of hydrogen-bond acceptors (Lipinski definition) is 5. The van der Waals surface area contributed by atoms with E-state index < -0.39 is 40.9 Å². The molecule has 0 aliphatic heterocycles. The number of ether oxygens (including phenoxy) is 2. The number of carboxylic acids is 1. The second-order valence-corrected chi connectivity index (χ2v) is 7.08. The molecule has 0 fully saturated rings. The topological polar surface area (TPSA) is 86.5 Å². The van der Waals surface area contributed by atoms with E-state index in [2.05, 4.69) is 10.3 Å². The molecular weight excluding hydrogens is 470 g/mol. The van der Waals surface area contributed by atoms with Crippen molar-refractivity contribution >= 4 is 28.6 Å². The standard InChI is InChI=1S/C21H12ClF4N3O4/c22-13-7-11(21(24,25)26)8-14(23)20(13)33-12-5-6-15-17(9-12)29(28-27-15)16-3-1-2-4-18(16)32-10-19(30)31/h1-9H,10H2,(H,30,31). The van der Waals surface area contributed by atoms with Crippen LogP contribution in [0.1, 0.15) is 5.56 Å². The zero-order valence-electron chi connectivity index (χ0n) is 16.3. The summed E-state index contributed by atoms with van der Waals surface area (Å²) in [7, 11) is 0. The number of hydrogen-bond donors (Lipinski definition) is 1. The highest BCUT2D eigenvalue weighted by molar-refractivity contribution is 6.32. The van der Waals surface area contributed by atoms with Crippen molar-refractivity contribution in [3.05, 3.63) is 71.0 Å². The highest BCUT2D eigenvalue weighted by Gasteiger charge is 2.32. The summed E-state index contributed by atoms with van der Waals surface area (Å²) < 4.78 is 65.0. The maximum absolute atomic E-state index is 14.3. The average molecular weight is 482 g/mol. The van der Waals surface area contributed by atoms with Crippen molar-refractivity contribution in [2.24, 2.45) is 0 Å². The molecule has 0 spiro atoms. The SMILES string of the molecule is O=C(O)COc1ccccc1-n1nnc2ccc(Oc3c(F)cc(C(F)(F)F)cc3Cl)cc21. The summed E-state index contributed by atoms with van der Waals surface area (Å²) in [6.45, 7) is -0.580. The van der Waals surface area contributed by atoms with Gasteiger partial charge in [0.2, 0.25) is 0 Å². The van der Waals surface area contributed by atoms with Gasteiger partial charge >= 0.3 is 12.1 Å². The molecule has 0 unspecified atom stereocenters. The van der Waals surface area contributed by atoms with Crippen LogP contribution in [0.15, 0.2) is 54.6 Å². The van der Waals surface area contributed by atoms with Gasteiger partial charge < -0.3 is 14.6 Å². The Kier molecular flexibility index (Phi) is 5.81. The largest absolute Gasteiger partial charge is 0.480 e. The lowest BCUT2D eigenvalue weighted by atomic mass is 10.2. The Labute approximate surface area is 187 Å². The van der Waals surface area contributed by atoms with E-state index in [9.17, 15) is 22.4 Å². The number of alkyl halides is 3. The molecule has 1 heterocycles. The summed E-state index contributed by atoms with van der Waals surface area (Å²) in [5.74, 6) is -2.76. The van der Waals surface area contributed by atoms with Crippen LogP contribution in [0.3, 0.4) is 0 Å². The first-order valence-corrected chi connectivity index (χ1v) is 9.55. The minimum Gasteiger partial charge on any atom is -0.480 e. The van der Waals surface area contributed by atoms with Gasteiger partial charge in [-0.25, -0.2) is 13.9 Å². The molecule has 0 radical (unpaired) electrons. The third-order valence-electron chi connectivity index (χ3n) is 4.41. The Morgan fingerprint density at radius 1 is 1.12 bits per heavy atom. The molecule has 0 saturated heterocycles. The number of carbonyl (C=O) groups is 1. The third-order valence-corrected chi connectivity index (χ3v) is 4.69. The van der Waals surface area contributed by atoms with Crippen molar-refractivity contribution in [3.8, 4) is 22.9 Å². The molecule has 170 valence electrons. The van der Waals surface area contributed by atoms with Gasteiger partial charge in [0.25, 0.3) is 0 Å². The predicted octanol–water partition coefficient (Wildman–Crippen LogP) is 5.49. The van der Waals surface area contributed by atoms with E-state index in [1.54, 1.807) is 24.3 Å². The summed E-state index contributed by atoms with van der Waals surface area (Å²) in [5.41, 5.74) is -0.0816. The van der Waals surface area contributed by atoms with Gasteiger partial charge in [-0.05, 0) is 36.4 Å². The molecule has 0 aliphatic carbocycles. The Morgan fingerprint density at radius 3 is 2.58 bits per heavy atom. The molecule has 1 aromatic heterocycles. The van der Waals surface area contributed by atoms with Gasteiger partial charge in [-0.15, -0.1) is 5.10 Å². The molecule has 7 nitrogen and oxygen atoms in total. The number of aliphatic carboxylic acids is 1. The number of halogens is 5. The Morgan fingerprint density at radius 2 is 1.88 bits per heavy atom. The van der Waals surface area contributed by atoms with Gasteiger partial charge in [0.05, 0.1) is 16.1 Å². The monoisotopic (exact) mass is 481 g/mol. The van der Waals surface area contributed by atoms with Crippen LogP contribution in [0.4, 0.5) is 17.6 Å². The summed E-state index contributed by atoms with van der Waals surface area (Å²) >= 11 is 5.84. The van der Waals surface area contributed by atoms with E-state index >= 15 is 0 Å². The number of carboxylic acid groups (broad SMARTS) is 1. The molecule has 4 rings (SSSR count). The van der Waals surface area contributed by atoms with Crippen molar-refractivity contribution in [2.45, 2.75) is 6.18 Å². The van der Waals surface area contributed by atoms with E-state index in [1.807, 2.05) is 0 Å². The number of fused-ring (bicyclic) bond motifs is 1. The van der Waals surface area contributed by atoms with E-state index in [0.29, 0.717) is 28.9 Å². The van der Waals surface area contributed by atoms with Crippen molar-refractivity contribution in [3.63, 3.8) is 0 Å². The van der Waals surface area contributed by atoms with Crippen LogP contribution in [0, 0.1) is 5.82 Å². The van der Waals surface area contributed by atoms with Crippen LogP contribution < -0.4 is 9.47 Å². The van der Waals surface area contributed by atoms with Gasteiger partial charge in [0.1, 0.15) is 22.7 Å². The van der Waals surface area contributed by atoms with Crippen LogP contribution in [0.25, 0.3) is 16.7 Å². The lowest BCUT2D eigenvalue weighted by Gasteiger charge is -2.13. The first-order valence-electron chi connectivity index (χ1n) is 9.17. The molecule has 0 saturated carbocycles. The normalized spacial score (nSPS) is 11.5. The van der Waals surface area contributed by atoms with E-state index in [-0.39, 0.29) is 11.5 Å². The highest BCUT2D eigenvalue weighted by atomic mass is 35.5. The molecule has 0 bridgehead atoms. The zero-order chi connectivity index (χ0) is 23.8. The van der Waals surface area contributed by atoms with E-state index in [4.69, 9.17) is 26.2 Å². The van der Waals surface area contributed by atoms with Crippen molar-refractivity contribution in [1.29, 1.82) is 0 Å². The van der Waals surface area contributed by atoms with Crippen molar-refractivity contribution in [2.75, 3.05) is 6.61 Å². The van der Waals surface area contributed by atoms with Gasteiger partial charge in [-0.3, -0.25) is 0 Å². The predicted molar refractivity (Wildman–Crippen MR) is 108 cm³/mol. The maximum Gasteiger partial charge on any atom is 0.416 e. The van der Waals surface area contributed by atoms with Crippen molar-refractivity contribution < 1.29 is 36.9 Å². The molecule has 4 aromatic rings. The molecule has 3 aromatic carbocycles. The van der Waals surface area contributed by atoms with Crippen LogP contribution in [0.5, 0.6) is 17.2 Å². The Balaban J connectivity index is 1.72. The first-order chi connectivity index (χ1) is 15.6. The fourth-order valence-corrected chi connectivity index (χ4v) is 3.22. The molecule has 33 heavy (non-hydrogen) atoms. The molecule has 12 heteroatoms. The zero-order valence-corrected chi connectivity index (χ0v) is 17.1. The second-order valence-electron chi connectivity index (χ2n) is 6.67. The lowest BCUT2D eigenvalue weighted by Crippen LogP contribution is -2.11. The highest BCUT2D eigenvalue weighted by Crippen LogP contribution is 2.39. The lowest BCUT2D eigenvalue weighted by molar-refractivity contribution is -0.139. The van der Waals surface area contributed by atoms with E-state index in [1.165, 1.54) is 22.9 Å². The minimum absolute atomic E-state index is 0.0514. The molecule has 0 aliphatic rings. The number of rotatable bonds is 6. The fourth-order valence-electron chi connectivity index (χ4n) is 2.97. The van der Waals surface area contributed by atoms with E-state index in [0.717, 1.165) is 0 Å². The average Bonchev–Trinajstić information content (AvgIpc) is 3.17. The molecule has 1 N–H and O–H groups in total. The number of benzene rings is 3. The summed E-state index contributed by atoms with van der Waals surface area (Å²) in [6.07, 6.45) is -4.77. The molecule has 0 amide bonds. The Bertz CT molecular complexity index is 1330. The minimum atomic E-state index is -4.77. The molecular formula is C21H12ClF4N3O4.